The molecule has 0 fully saturated rings. The van der Waals surface area contributed by atoms with Gasteiger partial charge in [0.1, 0.15) is 12.4 Å². The van der Waals surface area contributed by atoms with Crippen LogP contribution in [0, 0.1) is 5.82 Å². The summed E-state index contributed by atoms with van der Waals surface area (Å²) in [5, 5.41) is 22.2. The number of aliphatic carboxylic acids is 2. The van der Waals surface area contributed by atoms with Crippen LogP contribution in [0.4, 0.5) is 23.2 Å². The molecule has 0 aliphatic carbocycles. The van der Waals surface area contributed by atoms with E-state index in [1.165, 1.54) is 85.7 Å². The number of halogens is 4. The third kappa shape index (κ3) is 7.75. The van der Waals surface area contributed by atoms with Gasteiger partial charge in [-0.25, -0.2) is 4.39 Å². The number of carboxylic acids is 2. The lowest BCUT2D eigenvalue weighted by molar-refractivity contribution is -0.164. The molecule has 0 aliphatic heterocycles. The minimum atomic E-state index is -4.78. The minimum Gasteiger partial charge on any atom is -0.480 e. The van der Waals surface area contributed by atoms with Crippen LogP contribution in [-0.4, -0.2) is 65.5 Å². The molecule has 4 aromatic carbocycles. The van der Waals surface area contributed by atoms with E-state index in [-0.39, 0.29) is 39.1 Å². The van der Waals surface area contributed by atoms with Gasteiger partial charge in [-0.1, -0.05) is 60.7 Å². The Balaban J connectivity index is 1.60. The van der Waals surface area contributed by atoms with Gasteiger partial charge in [-0.3, -0.25) is 24.0 Å². The number of hydrogen-bond donors (Lipinski definition) is 3. The first-order chi connectivity index (χ1) is 23.1. The Bertz CT molecular complexity index is 1910. The first kappa shape index (κ1) is 35.8. The van der Waals surface area contributed by atoms with Crippen LogP contribution in [0.3, 0.4) is 0 Å². The van der Waals surface area contributed by atoms with Crippen molar-refractivity contribution in [1.29, 1.82) is 0 Å². The van der Waals surface area contributed by atoms with Crippen LogP contribution in [0.1, 0.15) is 37.4 Å². The molecule has 3 N–H and O–H groups in total. The van der Waals surface area contributed by atoms with Crippen molar-refractivity contribution in [1.82, 2.24) is 4.90 Å². The highest BCUT2D eigenvalue weighted by molar-refractivity contribution is 6.12. The molecule has 0 saturated heterocycles. The predicted molar refractivity (Wildman–Crippen MR) is 167 cm³/mol. The monoisotopic (exact) mass is 680 g/mol. The van der Waals surface area contributed by atoms with E-state index in [0.29, 0.717) is 12.1 Å². The number of carboxylic acid groups (broad SMARTS) is 2. The molecule has 0 aromatic heterocycles. The molecule has 2 amide bonds. The number of amides is 2. The quantitative estimate of drug-likeness (QED) is 0.104. The number of carbonyl (C=O) groups excluding carboxylic acids is 3. The number of ether oxygens (including phenoxy) is 1. The predicted octanol–water partition coefficient (Wildman–Crippen LogP) is 5.66. The Hall–Kier alpha value is -6.05. The number of alkyl halides is 3. The summed E-state index contributed by atoms with van der Waals surface area (Å²) in [5.41, 5.74) is -4.22. The highest BCUT2D eigenvalue weighted by Crippen LogP contribution is 2.34. The zero-order valence-electron chi connectivity index (χ0n) is 25.9. The molecule has 0 saturated carbocycles. The normalized spacial score (nSPS) is 11.4. The zero-order valence-corrected chi connectivity index (χ0v) is 25.9. The maximum absolute atomic E-state index is 14.9. The lowest BCUT2D eigenvalue weighted by Gasteiger charge is -2.25. The maximum atomic E-state index is 14.9. The first-order valence-electron chi connectivity index (χ1n) is 14.4. The van der Waals surface area contributed by atoms with Crippen LogP contribution in [0.15, 0.2) is 91.0 Å². The third-order valence-electron chi connectivity index (χ3n) is 7.52. The van der Waals surface area contributed by atoms with E-state index < -0.39 is 65.7 Å². The summed E-state index contributed by atoms with van der Waals surface area (Å²) in [7, 11) is 2.86. The average molecular weight is 681 g/mol. The summed E-state index contributed by atoms with van der Waals surface area (Å²) in [4.78, 5) is 64.8. The molecular weight excluding hydrogens is 652 g/mol. The average Bonchev–Trinajstić information content (AvgIpc) is 3.05. The molecule has 49 heavy (non-hydrogen) atoms. The van der Waals surface area contributed by atoms with Crippen LogP contribution in [-0.2, 0) is 37.1 Å². The van der Waals surface area contributed by atoms with Gasteiger partial charge in [0, 0.05) is 25.2 Å². The lowest BCUT2D eigenvalue weighted by atomic mass is 9.81. The Morgan fingerprint density at radius 2 is 1.39 bits per heavy atom. The fraction of sp³-hybridized carbons (Fsp3) is 0.171. The molecular formula is C35H28F4N2O8. The molecule has 10 nitrogen and oxygen atoms in total. The number of carbonyl (C=O) groups is 5. The molecule has 14 heteroatoms. The Kier molecular flexibility index (Phi) is 10.5. The van der Waals surface area contributed by atoms with Crippen LogP contribution in [0.25, 0.3) is 11.1 Å². The van der Waals surface area contributed by atoms with Crippen LogP contribution < -0.4 is 5.32 Å². The topological polar surface area (TPSA) is 150 Å². The number of anilines is 1. The molecule has 0 unspecified atom stereocenters. The van der Waals surface area contributed by atoms with Gasteiger partial charge < -0.3 is 25.2 Å². The van der Waals surface area contributed by atoms with Crippen molar-refractivity contribution in [2.75, 3.05) is 26.0 Å². The molecule has 4 aromatic rings. The SMILES string of the molecule is CN(C)C(=O)c1cc(CC(=O)OCC(C(=O)O)(C(=O)O)c2ccccc2)ccc1NC(=O)c1ccccc1-c1ccc(C(F)(F)F)cc1F. The van der Waals surface area contributed by atoms with E-state index in [2.05, 4.69) is 5.32 Å². The van der Waals surface area contributed by atoms with Crippen molar-refractivity contribution >= 4 is 35.4 Å². The molecule has 0 heterocycles. The Morgan fingerprint density at radius 1 is 0.755 bits per heavy atom. The van der Waals surface area contributed by atoms with Crippen LogP contribution >= 0.6 is 0 Å². The van der Waals surface area contributed by atoms with Gasteiger partial charge in [0.05, 0.1) is 23.2 Å². The molecule has 0 aliphatic rings. The van der Waals surface area contributed by atoms with Crippen molar-refractivity contribution in [2.45, 2.75) is 18.0 Å². The van der Waals surface area contributed by atoms with E-state index in [0.717, 1.165) is 6.07 Å². The number of nitrogens with zero attached hydrogens (tertiary/aromatic N) is 1. The molecule has 0 atom stereocenters. The van der Waals surface area contributed by atoms with Gasteiger partial charge in [-0.05, 0) is 47.0 Å². The first-order valence-corrected chi connectivity index (χ1v) is 14.4. The molecule has 0 radical (unpaired) electrons. The second kappa shape index (κ2) is 14.4. The van der Waals surface area contributed by atoms with Gasteiger partial charge in [0.2, 0.25) is 5.41 Å². The van der Waals surface area contributed by atoms with Gasteiger partial charge in [0.25, 0.3) is 11.8 Å². The highest BCUT2D eigenvalue weighted by atomic mass is 19.4. The summed E-state index contributed by atoms with van der Waals surface area (Å²) >= 11 is 0. The largest absolute Gasteiger partial charge is 0.480 e. The number of benzene rings is 4. The fourth-order valence-electron chi connectivity index (χ4n) is 4.92. The summed E-state index contributed by atoms with van der Waals surface area (Å²) in [5.74, 6) is -7.14. The summed E-state index contributed by atoms with van der Waals surface area (Å²) in [6.07, 6.45) is -5.29. The summed E-state index contributed by atoms with van der Waals surface area (Å²) in [6.45, 7) is -1.03. The third-order valence-corrected chi connectivity index (χ3v) is 7.52. The standard InChI is InChI=1S/C35H28F4N2O8/c1-41(2)31(44)26-16-20(17-29(42)49-19-34(32(45)46,33(47)48)21-8-4-3-5-9-21)12-15-28(26)40-30(43)25-11-7-6-10-23(25)24-14-13-22(18-27(24)36)35(37,38)39/h3-16,18H,17,19H2,1-2H3,(H,40,43)(H,45,46)(H,47,48). The van der Waals surface area contributed by atoms with E-state index in [9.17, 15) is 51.7 Å². The lowest BCUT2D eigenvalue weighted by Crippen LogP contribution is -2.48. The van der Waals surface area contributed by atoms with Crippen molar-refractivity contribution in [3.8, 4) is 11.1 Å². The minimum absolute atomic E-state index is 0.0135. The maximum Gasteiger partial charge on any atom is 0.416 e. The van der Waals surface area contributed by atoms with Crippen molar-refractivity contribution in [3.63, 3.8) is 0 Å². The summed E-state index contributed by atoms with van der Waals surface area (Å²) < 4.78 is 59.2. The zero-order chi connectivity index (χ0) is 36.1. The van der Waals surface area contributed by atoms with Crippen molar-refractivity contribution < 1.29 is 56.5 Å². The van der Waals surface area contributed by atoms with Crippen LogP contribution in [0.2, 0.25) is 0 Å². The van der Waals surface area contributed by atoms with E-state index >= 15 is 0 Å². The van der Waals surface area contributed by atoms with Gasteiger partial charge in [-0.15, -0.1) is 0 Å². The number of nitrogens with one attached hydrogen (secondary N) is 1. The fourth-order valence-corrected chi connectivity index (χ4v) is 4.92. The second-order valence-electron chi connectivity index (χ2n) is 11.0. The molecule has 0 bridgehead atoms. The van der Waals surface area contributed by atoms with Crippen LogP contribution in [0.5, 0.6) is 0 Å². The van der Waals surface area contributed by atoms with Gasteiger partial charge >= 0.3 is 24.1 Å². The van der Waals surface area contributed by atoms with Gasteiger partial charge in [-0.2, -0.15) is 13.2 Å². The van der Waals surface area contributed by atoms with Crippen molar-refractivity contribution in [2.24, 2.45) is 0 Å². The summed E-state index contributed by atoms with van der Waals surface area (Å²) in [6, 6.07) is 18.5. The number of esters is 1. The van der Waals surface area contributed by atoms with Gasteiger partial charge in [0.15, 0.2) is 0 Å². The highest BCUT2D eigenvalue weighted by Gasteiger charge is 2.50. The van der Waals surface area contributed by atoms with E-state index in [1.54, 1.807) is 6.07 Å². The molecule has 4 rings (SSSR count). The Morgan fingerprint density at radius 3 is 1.98 bits per heavy atom. The van der Waals surface area contributed by atoms with Crippen molar-refractivity contribution in [3.05, 3.63) is 125 Å². The number of hydrogen-bond acceptors (Lipinski definition) is 6. The second-order valence-corrected chi connectivity index (χ2v) is 11.0. The molecule has 254 valence electrons. The van der Waals surface area contributed by atoms with E-state index in [1.807, 2.05) is 0 Å². The number of rotatable bonds is 11. The molecule has 0 spiro atoms. The smallest absolute Gasteiger partial charge is 0.416 e. The van der Waals surface area contributed by atoms with E-state index in [4.69, 9.17) is 4.74 Å². The Labute approximate surface area is 276 Å².